The van der Waals surface area contributed by atoms with E-state index in [9.17, 15) is 14.4 Å². The number of aliphatic carboxylic acids is 1. The molecule has 0 aliphatic carbocycles. The van der Waals surface area contributed by atoms with E-state index >= 15 is 0 Å². The molecule has 1 heterocycles. The number of rotatable bonds is 4. The van der Waals surface area contributed by atoms with Crippen molar-refractivity contribution in [3.05, 3.63) is 0 Å². The first-order valence-corrected chi connectivity index (χ1v) is 7.67. The van der Waals surface area contributed by atoms with Crippen molar-refractivity contribution in [1.82, 2.24) is 10.2 Å². The summed E-state index contributed by atoms with van der Waals surface area (Å²) in [6, 6.07) is -0.802. The Morgan fingerprint density at radius 3 is 2.40 bits per heavy atom. The van der Waals surface area contributed by atoms with Gasteiger partial charge in [-0.3, -0.25) is 9.59 Å². The summed E-state index contributed by atoms with van der Waals surface area (Å²) in [6.45, 7) is 7.03. The van der Waals surface area contributed by atoms with Gasteiger partial charge in [-0.25, -0.2) is 4.79 Å². The number of amides is 2. The van der Waals surface area contributed by atoms with Gasteiger partial charge < -0.3 is 15.3 Å². The molecular formula is C13H22N2O4S. The molecule has 7 heteroatoms. The van der Waals surface area contributed by atoms with Gasteiger partial charge in [0.2, 0.25) is 11.8 Å². The second kappa shape index (κ2) is 6.47. The molecule has 0 bridgehead atoms. The highest BCUT2D eigenvalue weighted by Crippen LogP contribution is 2.31. The van der Waals surface area contributed by atoms with Crippen molar-refractivity contribution in [1.29, 1.82) is 0 Å². The molecule has 0 spiro atoms. The summed E-state index contributed by atoms with van der Waals surface area (Å²) in [7, 11) is 0. The minimum Gasteiger partial charge on any atom is -0.480 e. The van der Waals surface area contributed by atoms with E-state index in [1.54, 1.807) is 20.8 Å². The second-order valence-electron chi connectivity index (χ2n) is 5.78. The minimum atomic E-state index is -0.996. The Labute approximate surface area is 123 Å². The van der Waals surface area contributed by atoms with Crippen LogP contribution in [0.3, 0.4) is 0 Å². The first kappa shape index (κ1) is 16.8. The molecule has 0 saturated carbocycles. The molecule has 1 aliphatic heterocycles. The third-order valence-electron chi connectivity index (χ3n) is 3.10. The fraction of sp³-hybridized carbons (Fsp3) is 0.769. The van der Waals surface area contributed by atoms with E-state index in [0.717, 1.165) is 0 Å². The average Bonchev–Trinajstić information content (AvgIpc) is 2.78. The molecule has 2 atom stereocenters. The smallest absolute Gasteiger partial charge is 0.327 e. The lowest BCUT2D eigenvalue weighted by Gasteiger charge is -2.27. The van der Waals surface area contributed by atoms with Crippen LogP contribution in [0, 0.1) is 5.41 Å². The molecule has 0 aromatic heterocycles. The van der Waals surface area contributed by atoms with Crippen LogP contribution in [-0.2, 0) is 14.4 Å². The van der Waals surface area contributed by atoms with Gasteiger partial charge in [0.05, 0.1) is 11.9 Å². The minimum absolute atomic E-state index is 0.130. The van der Waals surface area contributed by atoms with Gasteiger partial charge in [-0.05, 0) is 6.42 Å². The number of hydrogen-bond donors (Lipinski definition) is 2. The molecule has 2 N–H and O–H groups in total. The highest BCUT2D eigenvalue weighted by molar-refractivity contribution is 8.00. The lowest BCUT2D eigenvalue weighted by Crippen LogP contribution is -2.50. The number of hydrogen-bond acceptors (Lipinski definition) is 4. The lowest BCUT2D eigenvalue weighted by molar-refractivity contribution is -0.149. The molecule has 0 radical (unpaired) electrons. The summed E-state index contributed by atoms with van der Waals surface area (Å²) in [5, 5.41) is 11.6. The summed E-state index contributed by atoms with van der Waals surface area (Å²) >= 11 is 1.47. The number of nitrogens with one attached hydrogen (secondary N) is 1. The molecule has 1 fully saturated rings. The fourth-order valence-electron chi connectivity index (χ4n) is 1.92. The fourth-order valence-corrected chi connectivity index (χ4v) is 3.28. The van der Waals surface area contributed by atoms with Gasteiger partial charge in [-0.1, -0.05) is 27.7 Å². The van der Waals surface area contributed by atoms with Crippen molar-refractivity contribution in [2.75, 3.05) is 12.3 Å². The zero-order valence-electron chi connectivity index (χ0n) is 12.3. The predicted octanol–water partition coefficient (Wildman–Crippen LogP) is 0.913. The molecule has 1 aliphatic rings. The number of carboxylic acids is 1. The van der Waals surface area contributed by atoms with E-state index in [2.05, 4.69) is 5.32 Å². The van der Waals surface area contributed by atoms with Crippen LogP contribution in [0.2, 0.25) is 0 Å². The normalized spacial score (nSPS) is 22.7. The van der Waals surface area contributed by atoms with Gasteiger partial charge >= 0.3 is 5.97 Å². The maximum absolute atomic E-state index is 12.2. The Balaban J connectivity index is 2.68. The van der Waals surface area contributed by atoms with Gasteiger partial charge in [0.15, 0.2) is 0 Å². The molecule has 2 unspecified atom stereocenters. The van der Waals surface area contributed by atoms with Crippen LogP contribution in [0.4, 0.5) is 0 Å². The van der Waals surface area contributed by atoms with Crippen molar-refractivity contribution in [3.8, 4) is 0 Å². The monoisotopic (exact) mass is 302 g/mol. The topological polar surface area (TPSA) is 86.7 Å². The molecule has 2 amide bonds. The van der Waals surface area contributed by atoms with Gasteiger partial charge in [0.1, 0.15) is 6.04 Å². The first-order chi connectivity index (χ1) is 9.18. The highest BCUT2D eigenvalue weighted by Gasteiger charge is 2.40. The summed E-state index contributed by atoms with van der Waals surface area (Å²) in [5.41, 5.74) is -0.573. The van der Waals surface area contributed by atoms with Crippen LogP contribution in [0.1, 0.15) is 34.1 Å². The van der Waals surface area contributed by atoms with Crippen LogP contribution in [0.25, 0.3) is 0 Å². The van der Waals surface area contributed by atoms with Crippen LogP contribution >= 0.6 is 11.8 Å². The Morgan fingerprint density at radius 1 is 1.35 bits per heavy atom. The number of carbonyl (C=O) groups excluding carboxylic acids is 2. The van der Waals surface area contributed by atoms with Gasteiger partial charge in [0, 0.05) is 11.2 Å². The van der Waals surface area contributed by atoms with E-state index in [1.165, 1.54) is 16.7 Å². The molecule has 0 aromatic rings. The maximum atomic E-state index is 12.2. The number of thioether (sulfide) groups is 1. The van der Waals surface area contributed by atoms with Crippen molar-refractivity contribution in [2.24, 2.45) is 5.41 Å². The third kappa shape index (κ3) is 3.88. The molecule has 0 aromatic carbocycles. The Bertz CT molecular complexity index is 406. The number of nitrogens with zero attached hydrogens (tertiary/aromatic N) is 1. The number of carboxylic acid groups (broad SMARTS) is 1. The van der Waals surface area contributed by atoms with E-state index < -0.39 is 17.4 Å². The van der Waals surface area contributed by atoms with Gasteiger partial charge in [-0.15, -0.1) is 11.8 Å². The van der Waals surface area contributed by atoms with Crippen molar-refractivity contribution in [3.63, 3.8) is 0 Å². The molecule has 6 nitrogen and oxygen atoms in total. The van der Waals surface area contributed by atoms with Crippen LogP contribution in [-0.4, -0.2) is 51.5 Å². The molecule has 20 heavy (non-hydrogen) atoms. The molecule has 1 saturated heterocycles. The lowest BCUT2D eigenvalue weighted by atomic mass is 9.96. The van der Waals surface area contributed by atoms with Gasteiger partial charge in [-0.2, -0.15) is 0 Å². The van der Waals surface area contributed by atoms with Crippen molar-refractivity contribution < 1.29 is 19.5 Å². The predicted molar refractivity (Wildman–Crippen MR) is 77.3 cm³/mol. The summed E-state index contributed by atoms with van der Waals surface area (Å²) in [5.74, 6) is -1.17. The first-order valence-electron chi connectivity index (χ1n) is 6.62. The summed E-state index contributed by atoms with van der Waals surface area (Å²) < 4.78 is 0. The quantitative estimate of drug-likeness (QED) is 0.806. The van der Waals surface area contributed by atoms with Crippen molar-refractivity contribution in [2.45, 2.75) is 45.5 Å². The van der Waals surface area contributed by atoms with E-state index in [1.807, 2.05) is 6.92 Å². The Hall–Kier alpha value is -1.24. The summed E-state index contributed by atoms with van der Waals surface area (Å²) in [4.78, 5) is 36.5. The standard InChI is InChI=1S/C13H22N2O4S/c1-5-10-15(8(7-20-10)11(17)18)9(16)6-14-12(19)13(2,3)4/h8,10H,5-7H2,1-4H3,(H,14,19)(H,17,18). The van der Waals surface area contributed by atoms with Crippen molar-refractivity contribution >= 4 is 29.5 Å². The Morgan fingerprint density at radius 2 is 1.95 bits per heavy atom. The maximum Gasteiger partial charge on any atom is 0.327 e. The highest BCUT2D eigenvalue weighted by atomic mass is 32.2. The summed E-state index contributed by atoms with van der Waals surface area (Å²) in [6.07, 6.45) is 0.688. The SMILES string of the molecule is CCC1SCC(C(=O)O)N1C(=O)CNC(=O)C(C)(C)C. The molecular weight excluding hydrogens is 280 g/mol. The number of carbonyl (C=O) groups is 3. The van der Waals surface area contributed by atoms with Crippen LogP contribution in [0.5, 0.6) is 0 Å². The van der Waals surface area contributed by atoms with E-state index in [0.29, 0.717) is 12.2 Å². The Kier molecular flexibility index (Phi) is 5.44. The average molecular weight is 302 g/mol. The van der Waals surface area contributed by atoms with E-state index in [4.69, 9.17) is 5.11 Å². The van der Waals surface area contributed by atoms with Crippen LogP contribution in [0.15, 0.2) is 0 Å². The zero-order valence-corrected chi connectivity index (χ0v) is 13.1. The van der Waals surface area contributed by atoms with E-state index in [-0.39, 0.29) is 23.7 Å². The zero-order chi connectivity index (χ0) is 15.5. The third-order valence-corrected chi connectivity index (χ3v) is 4.55. The molecule has 1 rings (SSSR count). The largest absolute Gasteiger partial charge is 0.480 e. The molecule has 114 valence electrons. The van der Waals surface area contributed by atoms with Crippen LogP contribution < -0.4 is 5.32 Å². The second-order valence-corrected chi connectivity index (χ2v) is 6.99. The van der Waals surface area contributed by atoms with Gasteiger partial charge in [0.25, 0.3) is 0 Å².